The largest absolute Gasteiger partial charge is 0.427 e. The standard InChI is InChI=1S/C13H17NO3/c1-4-5-13(16)17-12-8-6-11(7-9-12)14(3)10(2)15/h6-9H,4-5H2,1-3H3. The third kappa shape index (κ3) is 3.90. The Kier molecular flexibility index (Phi) is 4.69. The topological polar surface area (TPSA) is 46.6 Å². The minimum Gasteiger partial charge on any atom is -0.427 e. The van der Waals surface area contributed by atoms with Crippen molar-refractivity contribution < 1.29 is 14.3 Å². The van der Waals surface area contributed by atoms with Gasteiger partial charge in [-0.2, -0.15) is 0 Å². The van der Waals surface area contributed by atoms with Gasteiger partial charge in [-0.15, -0.1) is 0 Å². The Morgan fingerprint density at radius 2 is 1.82 bits per heavy atom. The smallest absolute Gasteiger partial charge is 0.311 e. The summed E-state index contributed by atoms with van der Waals surface area (Å²) in [6.07, 6.45) is 1.18. The fourth-order valence-electron chi connectivity index (χ4n) is 1.31. The van der Waals surface area contributed by atoms with E-state index in [1.165, 1.54) is 11.8 Å². The lowest BCUT2D eigenvalue weighted by Gasteiger charge is -2.15. The van der Waals surface area contributed by atoms with Crippen LogP contribution < -0.4 is 9.64 Å². The van der Waals surface area contributed by atoms with E-state index in [0.29, 0.717) is 12.2 Å². The van der Waals surface area contributed by atoms with E-state index < -0.39 is 0 Å². The number of ether oxygens (including phenoxy) is 1. The second kappa shape index (κ2) is 6.03. The quantitative estimate of drug-likeness (QED) is 0.594. The molecule has 0 spiro atoms. The molecule has 0 radical (unpaired) electrons. The molecule has 0 fully saturated rings. The van der Waals surface area contributed by atoms with Crippen molar-refractivity contribution in [2.24, 2.45) is 0 Å². The highest BCUT2D eigenvalue weighted by molar-refractivity contribution is 5.90. The Labute approximate surface area is 101 Å². The van der Waals surface area contributed by atoms with E-state index in [1.807, 2.05) is 6.92 Å². The van der Waals surface area contributed by atoms with Crippen LogP contribution in [-0.4, -0.2) is 18.9 Å². The van der Waals surface area contributed by atoms with Crippen molar-refractivity contribution in [3.63, 3.8) is 0 Å². The molecule has 1 aromatic rings. The van der Waals surface area contributed by atoms with E-state index in [1.54, 1.807) is 31.3 Å². The molecule has 0 saturated heterocycles. The van der Waals surface area contributed by atoms with Crippen molar-refractivity contribution in [1.29, 1.82) is 0 Å². The molecular weight excluding hydrogens is 218 g/mol. The van der Waals surface area contributed by atoms with Crippen molar-refractivity contribution in [2.75, 3.05) is 11.9 Å². The van der Waals surface area contributed by atoms with Crippen molar-refractivity contribution >= 4 is 17.6 Å². The molecule has 0 aliphatic carbocycles. The minimum absolute atomic E-state index is 0.0410. The Morgan fingerprint density at radius 3 is 2.29 bits per heavy atom. The summed E-state index contributed by atoms with van der Waals surface area (Å²) >= 11 is 0. The fourth-order valence-corrected chi connectivity index (χ4v) is 1.31. The van der Waals surface area contributed by atoms with Crippen LogP contribution >= 0.6 is 0 Å². The summed E-state index contributed by atoms with van der Waals surface area (Å²) < 4.78 is 5.11. The lowest BCUT2D eigenvalue weighted by molar-refractivity contribution is -0.134. The predicted octanol–water partition coefficient (Wildman–Crippen LogP) is 2.37. The first kappa shape index (κ1) is 13.2. The maximum atomic E-state index is 11.3. The molecule has 0 aliphatic heterocycles. The molecule has 17 heavy (non-hydrogen) atoms. The number of anilines is 1. The van der Waals surface area contributed by atoms with Gasteiger partial charge in [0.2, 0.25) is 5.91 Å². The zero-order valence-electron chi connectivity index (χ0n) is 10.4. The molecule has 1 rings (SSSR count). The van der Waals surface area contributed by atoms with Gasteiger partial charge in [-0.25, -0.2) is 0 Å². The fraction of sp³-hybridized carbons (Fsp3) is 0.385. The van der Waals surface area contributed by atoms with E-state index in [0.717, 1.165) is 12.1 Å². The molecule has 1 aromatic carbocycles. The van der Waals surface area contributed by atoms with Crippen molar-refractivity contribution in [2.45, 2.75) is 26.7 Å². The Bertz CT molecular complexity index is 398. The van der Waals surface area contributed by atoms with Gasteiger partial charge in [0.1, 0.15) is 5.75 Å². The number of amides is 1. The van der Waals surface area contributed by atoms with E-state index in [4.69, 9.17) is 4.74 Å². The van der Waals surface area contributed by atoms with Gasteiger partial charge in [0, 0.05) is 26.1 Å². The molecule has 1 amide bonds. The maximum Gasteiger partial charge on any atom is 0.311 e. The lowest BCUT2D eigenvalue weighted by Crippen LogP contribution is -2.22. The molecule has 0 heterocycles. The Morgan fingerprint density at radius 1 is 1.24 bits per heavy atom. The third-order valence-corrected chi connectivity index (χ3v) is 2.38. The zero-order valence-corrected chi connectivity index (χ0v) is 10.4. The van der Waals surface area contributed by atoms with Crippen LogP contribution in [0.25, 0.3) is 0 Å². The maximum absolute atomic E-state index is 11.3. The molecule has 0 N–H and O–H groups in total. The summed E-state index contributed by atoms with van der Waals surface area (Å²) in [5.74, 6) is 0.227. The highest BCUT2D eigenvalue weighted by atomic mass is 16.5. The average molecular weight is 235 g/mol. The van der Waals surface area contributed by atoms with Gasteiger partial charge in [-0.3, -0.25) is 9.59 Å². The number of rotatable bonds is 4. The molecule has 4 nitrogen and oxygen atoms in total. The first-order valence-electron chi connectivity index (χ1n) is 5.59. The van der Waals surface area contributed by atoms with Gasteiger partial charge >= 0.3 is 5.97 Å². The number of carbonyl (C=O) groups excluding carboxylic acids is 2. The van der Waals surface area contributed by atoms with Gasteiger partial charge in [0.05, 0.1) is 0 Å². The molecule has 0 unspecified atom stereocenters. The number of benzene rings is 1. The van der Waals surface area contributed by atoms with Gasteiger partial charge in [0.25, 0.3) is 0 Å². The highest BCUT2D eigenvalue weighted by Gasteiger charge is 2.07. The third-order valence-electron chi connectivity index (χ3n) is 2.38. The van der Waals surface area contributed by atoms with E-state index in [-0.39, 0.29) is 11.9 Å². The normalized spacial score (nSPS) is 9.82. The van der Waals surface area contributed by atoms with Gasteiger partial charge in [-0.05, 0) is 30.7 Å². The van der Waals surface area contributed by atoms with Gasteiger partial charge < -0.3 is 9.64 Å². The van der Waals surface area contributed by atoms with Gasteiger partial charge in [-0.1, -0.05) is 6.92 Å². The van der Waals surface area contributed by atoms with Crippen LogP contribution in [0.15, 0.2) is 24.3 Å². The number of carbonyl (C=O) groups is 2. The van der Waals surface area contributed by atoms with Crippen LogP contribution in [0.4, 0.5) is 5.69 Å². The molecule has 92 valence electrons. The summed E-state index contributed by atoms with van der Waals surface area (Å²) in [5, 5.41) is 0. The summed E-state index contributed by atoms with van der Waals surface area (Å²) in [4.78, 5) is 23.9. The number of hydrogen-bond acceptors (Lipinski definition) is 3. The number of esters is 1. The van der Waals surface area contributed by atoms with E-state index in [2.05, 4.69) is 0 Å². The van der Waals surface area contributed by atoms with E-state index in [9.17, 15) is 9.59 Å². The van der Waals surface area contributed by atoms with Crippen LogP contribution in [0.1, 0.15) is 26.7 Å². The molecule has 0 saturated carbocycles. The Balaban J connectivity index is 2.68. The SMILES string of the molecule is CCCC(=O)Oc1ccc(N(C)C(C)=O)cc1. The molecule has 4 heteroatoms. The van der Waals surface area contributed by atoms with Crippen LogP contribution in [0.5, 0.6) is 5.75 Å². The number of hydrogen-bond donors (Lipinski definition) is 0. The first-order chi connectivity index (χ1) is 8.04. The molecule has 0 aromatic heterocycles. The number of nitrogens with zero attached hydrogens (tertiary/aromatic N) is 1. The zero-order chi connectivity index (χ0) is 12.8. The average Bonchev–Trinajstić information content (AvgIpc) is 2.29. The van der Waals surface area contributed by atoms with Crippen molar-refractivity contribution in [1.82, 2.24) is 0 Å². The summed E-state index contributed by atoms with van der Waals surface area (Å²) in [5.41, 5.74) is 0.771. The van der Waals surface area contributed by atoms with Crippen molar-refractivity contribution in [3.05, 3.63) is 24.3 Å². The monoisotopic (exact) mass is 235 g/mol. The highest BCUT2D eigenvalue weighted by Crippen LogP contribution is 2.19. The second-order valence-corrected chi connectivity index (χ2v) is 3.80. The van der Waals surface area contributed by atoms with Crippen molar-refractivity contribution in [3.8, 4) is 5.75 Å². The van der Waals surface area contributed by atoms with E-state index >= 15 is 0 Å². The van der Waals surface area contributed by atoms with Crippen LogP contribution in [0, 0.1) is 0 Å². The van der Waals surface area contributed by atoms with Crippen LogP contribution in [0.2, 0.25) is 0 Å². The molecule has 0 aliphatic rings. The summed E-state index contributed by atoms with van der Waals surface area (Å²) in [6.45, 7) is 3.42. The Hall–Kier alpha value is -1.84. The molecule has 0 atom stereocenters. The second-order valence-electron chi connectivity index (χ2n) is 3.80. The first-order valence-corrected chi connectivity index (χ1v) is 5.59. The minimum atomic E-state index is -0.236. The molecular formula is C13H17NO3. The molecule has 0 bridgehead atoms. The van der Waals surface area contributed by atoms with Gasteiger partial charge in [0.15, 0.2) is 0 Å². The lowest BCUT2D eigenvalue weighted by atomic mass is 10.3. The van der Waals surface area contributed by atoms with Crippen LogP contribution in [-0.2, 0) is 9.59 Å². The summed E-state index contributed by atoms with van der Waals surface area (Å²) in [6, 6.07) is 6.86. The predicted molar refractivity (Wildman–Crippen MR) is 66.1 cm³/mol. The summed E-state index contributed by atoms with van der Waals surface area (Å²) in [7, 11) is 1.69. The van der Waals surface area contributed by atoms with Crippen LogP contribution in [0.3, 0.4) is 0 Å².